The number of hydrogen-bond donors (Lipinski definition) is 2. The molecule has 4 heteroatoms. The van der Waals surface area contributed by atoms with Crippen LogP contribution < -0.4 is 10.1 Å². The Balaban J connectivity index is 2.05. The first-order valence-corrected chi connectivity index (χ1v) is 6.22. The molecule has 1 aromatic rings. The van der Waals surface area contributed by atoms with Crippen LogP contribution >= 0.6 is 0 Å². The van der Waals surface area contributed by atoms with Gasteiger partial charge in [0, 0.05) is 13.1 Å². The van der Waals surface area contributed by atoms with Gasteiger partial charge in [-0.1, -0.05) is 26.0 Å². The van der Waals surface area contributed by atoms with Crippen molar-refractivity contribution in [1.29, 1.82) is 0 Å². The van der Waals surface area contributed by atoms with Crippen LogP contribution in [0, 0.1) is 0 Å². The van der Waals surface area contributed by atoms with E-state index in [1.165, 1.54) is 5.56 Å². The summed E-state index contributed by atoms with van der Waals surface area (Å²) in [7, 11) is 0. The molecule has 0 bridgehead atoms. The first-order chi connectivity index (χ1) is 8.51. The van der Waals surface area contributed by atoms with Crippen molar-refractivity contribution in [3.8, 4) is 5.75 Å². The van der Waals surface area contributed by atoms with E-state index in [2.05, 4.69) is 19.2 Å². The van der Waals surface area contributed by atoms with Crippen molar-refractivity contribution in [1.82, 2.24) is 5.32 Å². The van der Waals surface area contributed by atoms with Gasteiger partial charge >= 0.3 is 5.97 Å². The fourth-order valence-electron chi connectivity index (χ4n) is 2.08. The second-order valence-corrected chi connectivity index (χ2v) is 5.18. The zero-order chi connectivity index (χ0) is 13.2. The van der Waals surface area contributed by atoms with Gasteiger partial charge in [-0.3, -0.25) is 4.79 Å². The Bertz CT molecular complexity index is 421. The van der Waals surface area contributed by atoms with E-state index in [0.717, 1.165) is 5.75 Å². The standard InChI is InChI=1S/C14H19NO3/c1-10(2)11-3-5-12(6-4-11)18-14(7-13(16)17)8-15-9-14/h3-6,10,15H,7-9H2,1-2H3,(H,16,17). The van der Waals surface area contributed by atoms with E-state index in [1.807, 2.05) is 24.3 Å². The molecule has 1 fully saturated rings. The lowest BCUT2D eigenvalue weighted by Crippen LogP contribution is -2.64. The Kier molecular flexibility index (Phi) is 3.57. The van der Waals surface area contributed by atoms with Crippen LogP contribution in [0.4, 0.5) is 0 Å². The van der Waals surface area contributed by atoms with Gasteiger partial charge in [-0.25, -0.2) is 0 Å². The van der Waals surface area contributed by atoms with Crippen molar-refractivity contribution in [2.45, 2.75) is 31.8 Å². The number of nitrogens with one attached hydrogen (secondary N) is 1. The first-order valence-electron chi connectivity index (χ1n) is 6.22. The number of hydrogen-bond acceptors (Lipinski definition) is 3. The summed E-state index contributed by atoms with van der Waals surface area (Å²) in [5.41, 5.74) is 0.673. The molecule has 0 unspecified atom stereocenters. The highest BCUT2D eigenvalue weighted by molar-refractivity contribution is 5.68. The maximum absolute atomic E-state index is 10.8. The summed E-state index contributed by atoms with van der Waals surface area (Å²) in [6.45, 7) is 5.45. The fourth-order valence-corrected chi connectivity index (χ4v) is 2.08. The highest BCUT2D eigenvalue weighted by Gasteiger charge is 2.41. The van der Waals surface area contributed by atoms with E-state index < -0.39 is 11.6 Å². The average molecular weight is 249 g/mol. The van der Waals surface area contributed by atoms with E-state index in [-0.39, 0.29) is 6.42 Å². The topological polar surface area (TPSA) is 58.6 Å². The number of benzene rings is 1. The van der Waals surface area contributed by atoms with Gasteiger partial charge in [-0.05, 0) is 23.6 Å². The number of carboxylic acids is 1. The second kappa shape index (κ2) is 4.98. The van der Waals surface area contributed by atoms with Gasteiger partial charge in [0.25, 0.3) is 0 Å². The Morgan fingerprint density at radius 2 is 2.00 bits per heavy atom. The number of carbonyl (C=O) groups is 1. The predicted octanol–water partition coefficient (Wildman–Crippen LogP) is 2.01. The van der Waals surface area contributed by atoms with Crippen LogP contribution in [0.25, 0.3) is 0 Å². The third kappa shape index (κ3) is 2.82. The van der Waals surface area contributed by atoms with Crippen molar-refractivity contribution in [2.75, 3.05) is 13.1 Å². The third-order valence-corrected chi connectivity index (χ3v) is 3.25. The van der Waals surface area contributed by atoms with Gasteiger partial charge in [0.05, 0.1) is 6.42 Å². The highest BCUT2D eigenvalue weighted by Crippen LogP contribution is 2.26. The summed E-state index contributed by atoms with van der Waals surface area (Å²) in [5.74, 6) is 0.398. The Morgan fingerprint density at radius 3 is 2.39 bits per heavy atom. The van der Waals surface area contributed by atoms with Crippen molar-refractivity contribution in [3.05, 3.63) is 29.8 Å². The molecule has 1 aliphatic rings. The van der Waals surface area contributed by atoms with Crippen LogP contribution in [0.1, 0.15) is 31.7 Å². The zero-order valence-electron chi connectivity index (χ0n) is 10.8. The molecule has 4 nitrogen and oxygen atoms in total. The highest BCUT2D eigenvalue weighted by atomic mass is 16.5. The maximum Gasteiger partial charge on any atom is 0.307 e. The van der Waals surface area contributed by atoms with E-state index in [0.29, 0.717) is 19.0 Å². The molecular weight excluding hydrogens is 230 g/mol. The summed E-state index contributed by atoms with van der Waals surface area (Å²) < 4.78 is 5.84. The van der Waals surface area contributed by atoms with E-state index in [9.17, 15) is 4.79 Å². The predicted molar refractivity (Wildman–Crippen MR) is 69.0 cm³/mol. The van der Waals surface area contributed by atoms with Crippen molar-refractivity contribution in [3.63, 3.8) is 0 Å². The van der Waals surface area contributed by atoms with Gasteiger partial charge in [0.15, 0.2) is 0 Å². The minimum Gasteiger partial charge on any atom is -0.484 e. The van der Waals surface area contributed by atoms with Gasteiger partial charge < -0.3 is 15.2 Å². The zero-order valence-corrected chi connectivity index (χ0v) is 10.8. The van der Waals surface area contributed by atoms with Gasteiger partial charge in [0.2, 0.25) is 0 Å². The molecule has 1 saturated heterocycles. The lowest BCUT2D eigenvalue weighted by molar-refractivity contribution is -0.143. The molecule has 0 atom stereocenters. The number of ether oxygens (including phenoxy) is 1. The number of carboxylic acid groups (broad SMARTS) is 1. The van der Waals surface area contributed by atoms with Gasteiger partial charge in [0.1, 0.15) is 11.4 Å². The second-order valence-electron chi connectivity index (χ2n) is 5.18. The van der Waals surface area contributed by atoms with E-state index in [1.54, 1.807) is 0 Å². The van der Waals surface area contributed by atoms with Crippen LogP contribution in [0.3, 0.4) is 0 Å². The molecule has 0 amide bonds. The van der Waals surface area contributed by atoms with Crippen molar-refractivity contribution >= 4 is 5.97 Å². The molecular formula is C14H19NO3. The smallest absolute Gasteiger partial charge is 0.307 e. The maximum atomic E-state index is 10.8. The van der Waals surface area contributed by atoms with Crippen LogP contribution in [0.15, 0.2) is 24.3 Å². The SMILES string of the molecule is CC(C)c1ccc(OC2(CC(=O)O)CNC2)cc1. The normalized spacial score (nSPS) is 17.3. The lowest BCUT2D eigenvalue weighted by Gasteiger charge is -2.41. The summed E-state index contributed by atoms with van der Waals surface area (Å²) >= 11 is 0. The van der Waals surface area contributed by atoms with Crippen molar-refractivity contribution < 1.29 is 14.6 Å². The van der Waals surface area contributed by atoms with Gasteiger partial charge in [-0.15, -0.1) is 0 Å². The first kappa shape index (κ1) is 12.9. The monoisotopic (exact) mass is 249 g/mol. The average Bonchev–Trinajstić information content (AvgIpc) is 2.26. The molecule has 0 spiro atoms. The van der Waals surface area contributed by atoms with E-state index in [4.69, 9.17) is 9.84 Å². The van der Waals surface area contributed by atoms with Gasteiger partial charge in [-0.2, -0.15) is 0 Å². The lowest BCUT2D eigenvalue weighted by atomic mass is 9.92. The molecule has 1 aliphatic heterocycles. The molecule has 1 aromatic carbocycles. The Hall–Kier alpha value is -1.55. The third-order valence-electron chi connectivity index (χ3n) is 3.25. The Morgan fingerprint density at radius 1 is 1.39 bits per heavy atom. The summed E-state index contributed by atoms with van der Waals surface area (Å²) in [6, 6.07) is 7.88. The molecule has 0 radical (unpaired) electrons. The molecule has 98 valence electrons. The number of rotatable bonds is 5. The number of aliphatic carboxylic acids is 1. The quantitative estimate of drug-likeness (QED) is 0.838. The molecule has 0 aliphatic carbocycles. The minimum atomic E-state index is -0.824. The largest absolute Gasteiger partial charge is 0.484 e. The Labute approximate surface area is 107 Å². The van der Waals surface area contributed by atoms with Crippen LogP contribution in [-0.2, 0) is 4.79 Å². The molecule has 2 rings (SSSR count). The molecule has 18 heavy (non-hydrogen) atoms. The summed E-state index contributed by atoms with van der Waals surface area (Å²) in [5, 5.41) is 12.0. The molecule has 2 N–H and O–H groups in total. The van der Waals surface area contributed by atoms with Crippen LogP contribution in [-0.4, -0.2) is 29.8 Å². The van der Waals surface area contributed by atoms with Crippen LogP contribution in [0.5, 0.6) is 5.75 Å². The van der Waals surface area contributed by atoms with Crippen molar-refractivity contribution in [2.24, 2.45) is 0 Å². The summed E-state index contributed by atoms with van der Waals surface area (Å²) in [6.07, 6.45) is 0.0337. The molecule has 1 heterocycles. The fraction of sp³-hybridized carbons (Fsp3) is 0.500. The van der Waals surface area contributed by atoms with Crippen LogP contribution in [0.2, 0.25) is 0 Å². The molecule has 0 saturated carbocycles. The molecule has 0 aromatic heterocycles. The summed E-state index contributed by atoms with van der Waals surface area (Å²) in [4.78, 5) is 10.8. The minimum absolute atomic E-state index is 0.0337. The van der Waals surface area contributed by atoms with E-state index >= 15 is 0 Å².